The van der Waals surface area contributed by atoms with Gasteiger partial charge in [0.1, 0.15) is 23.8 Å². The van der Waals surface area contributed by atoms with Crippen molar-refractivity contribution in [3.8, 4) is 11.5 Å². The van der Waals surface area contributed by atoms with E-state index < -0.39 is 0 Å². The Balaban J connectivity index is 1.29. The number of carbonyl (C=O) groups excluding carboxylic acids is 1. The highest BCUT2D eigenvalue weighted by atomic mass is 35.5. The largest absolute Gasteiger partial charge is 0.494 e. The molecule has 6 nitrogen and oxygen atoms in total. The van der Waals surface area contributed by atoms with E-state index in [2.05, 4.69) is 9.88 Å². The number of hydrogen-bond acceptors (Lipinski definition) is 4. The number of nitrogens with zero attached hydrogens (tertiary/aromatic N) is 2. The van der Waals surface area contributed by atoms with E-state index in [9.17, 15) is 4.79 Å². The van der Waals surface area contributed by atoms with Gasteiger partial charge in [-0.2, -0.15) is 0 Å². The van der Waals surface area contributed by atoms with E-state index >= 15 is 0 Å². The zero-order valence-electron chi connectivity index (χ0n) is 17.1. The van der Waals surface area contributed by atoms with Gasteiger partial charge in [0, 0.05) is 49.7 Å². The van der Waals surface area contributed by atoms with Gasteiger partial charge in [-0.05, 0) is 37.3 Å². The van der Waals surface area contributed by atoms with Gasteiger partial charge in [0.2, 0.25) is 0 Å². The van der Waals surface area contributed by atoms with Gasteiger partial charge in [-0.15, -0.1) is 0 Å². The number of piperazine rings is 1. The molecule has 0 aliphatic carbocycles. The summed E-state index contributed by atoms with van der Waals surface area (Å²) in [6.07, 6.45) is 0. The van der Waals surface area contributed by atoms with E-state index in [0.717, 1.165) is 36.3 Å². The number of amides is 1. The van der Waals surface area contributed by atoms with Crippen molar-refractivity contribution < 1.29 is 14.3 Å². The predicted molar refractivity (Wildman–Crippen MR) is 119 cm³/mol. The minimum Gasteiger partial charge on any atom is -0.494 e. The molecular weight excluding hydrogens is 402 g/mol. The average Bonchev–Trinajstić information content (AvgIpc) is 3.19. The van der Waals surface area contributed by atoms with Crippen LogP contribution in [-0.2, 0) is 0 Å². The van der Waals surface area contributed by atoms with E-state index in [1.807, 2.05) is 60.4 Å². The second-order valence-corrected chi connectivity index (χ2v) is 7.69. The Labute approximate surface area is 181 Å². The molecule has 1 N–H and O–H groups in total. The number of para-hydroxylation sites is 1. The second kappa shape index (κ2) is 9.41. The van der Waals surface area contributed by atoms with Gasteiger partial charge in [0.05, 0.1) is 11.6 Å². The molecule has 0 spiro atoms. The topological polar surface area (TPSA) is 57.8 Å². The number of carbonyl (C=O) groups is 1. The minimum atomic E-state index is 0.0381. The van der Waals surface area contributed by atoms with Crippen molar-refractivity contribution in [2.24, 2.45) is 0 Å². The summed E-state index contributed by atoms with van der Waals surface area (Å²) >= 11 is 6.12. The second-order valence-electron chi connectivity index (χ2n) is 7.28. The van der Waals surface area contributed by atoms with Gasteiger partial charge in [0.15, 0.2) is 0 Å². The zero-order chi connectivity index (χ0) is 20.9. The van der Waals surface area contributed by atoms with Gasteiger partial charge in [-0.1, -0.05) is 23.7 Å². The monoisotopic (exact) mass is 427 g/mol. The molecule has 1 amide bonds. The summed E-state index contributed by atoms with van der Waals surface area (Å²) in [6, 6.07) is 15.2. The molecule has 1 fully saturated rings. The van der Waals surface area contributed by atoms with E-state index in [0.29, 0.717) is 42.8 Å². The number of rotatable bonds is 7. The summed E-state index contributed by atoms with van der Waals surface area (Å²) in [5.74, 6) is 1.55. The van der Waals surface area contributed by atoms with Gasteiger partial charge in [0.25, 0.3) is 5.91 Å². The first-order valence-electron chi connectivity index (χ1n) is 10.3. The van der Waals surface area contributed by atoms with Crippen LogP contribution in [-0.4, -0.2) is 66.6 Å². The van der Waals surface area contributed by atoms with Gasteiger partial charge < -0.3 is 19.4 Å². The smallest absolute Gasteiger partial charge is 0.270 e. The summed E-state index contributed by atoms with van der Waals surface area (Å²) in [7, 11) is 0. The minimum absolute atomic E-state index is 0.0381. The van der Waals surface area contributed by atoms with Crippen LogP contribution in [0.1, 0.15) is 17.4 Å². The maximum absolute atomic E-state index is 12.9. The van der Waals surface area contributed by atoms with Crippen LogP contribution in [0.4, 0.5) is 0 Å². The third-order valence-electron chi connectivity index (χ3n) is 5.30. The summed E-state index contributed by atoms with van der Waals surface area (Å²) in [4.78, 5) is 20.4. The lowest BCUT2D eigenvalue weighted by molar-refractivity contribution is 0.0615. The molecule has 0 bridgehead atoms. The highest BCUT2D eigenvalue weighted by Crippen LogP contribution is 2.24. The normalized spacial score (nSPS) is 14.8. The van der Waals surface area contributed by atoms with Crippen molar-refractivity contribution in [2.75, 3.05) is 45.9 Å². The number of aromatic amines is 1. The van der Waals surface area contributed by atoms with Crippen LogP contribution < -0.4 is 9.47 Å². The maximum Gasteiger partial charge on any atom is 0.270 e. The Morgan fingerprint density at radius 2 is 1.87 bits per heavy atom. The molecule has 2 heterocycles. The van der Waals surface area contributed by atoms with Crippen molar-refractivity contribution in [1.82, 2.24) is 14.8 Å². The fourth-order valence-electron chi connectivity index (χ4n) is 3.67. The van der Waals surface area contributed by atoms with Crippen molar-refractivity contribution in [1.29, 1.82) is 0 Å². The van der Waals surface area contributed by atoms with Crippen molar-refractivity contribution in [3.05, 3.63) is 59.2 Å². The summed E-state index contributed by atoms with van der Waals surface area (Å²) in [6.45, 7) is 7.00. The van der Waals surface area contributed by atoms with Crippen LogP contribution >= 0.6 is 11.6 Å². The molecule has 0 unspecified atom stereocenters. The quantitative estimate of drug-likeness (QED) is 0.617. The van der Waals surface area contributed by atoms with Crippen LogP contribution in [0.2, 0.25) is 5.02 Å². The summed E-state index contributed by atoms with van der Waals surface area (Å²) < 4.78 is 11.3. The molecule has 1 aliphatic rings. The van der Waals surface area contributed by atoms with Crippen LogP contribution in [0.25, 0.3) is 10.9 Å². The molecule has 0 atom stereocenters. The number of halogens is 1. The molecule has 30 heavy (non-hydrogen) atoms. The lowest BCUT2D eigenvalue weighted by atomic mass is 10.2. The van der Waals surface area contributed by atoms with E-state index in [-0.39, 0.29) is 5.91 Å². The Morgan fingerprint density at radius 1 is 1.07 bits per heavy atom. The van der Waals surface area contributed by atoms with Crippen LogP contribution in [0.5, 0.6) is 11.5 Å². The molecular formula is C23H26ClN3O3. The van der Waals surface area contributed by atoms with Crippen LogP contribution in [0, 0.1) is 0 Å². The Bertz CT molecular complexity index is 1010. The van der Waals surface area contributed by atoms with Crippen molar-refractivity contribution in [2.45, 2.75) is 6.92 Å². The fourth-order valence-corrected chi connectivity index (χ4v) is 3.86. The Hall–Kier alpha value is -2.70. The first-order valence-corrected chi connectivity index (χ1v) is 10.7. The summed E-state index contributed by atoms with van der Waals surface area (Å²) in [5, 5.41) is 1.64. The molecule has 0 radical (unpaired) electrons. The Morgan fingerprint density at radius 3 is 2.63 bits per heavy atom. The zero-order valence-corrected chi connectivity index (χ0v) is 17.8. The maximum atomic E-state index is 12.9. The molecule has 4 rings (SSSR count). The number of ether oxygens (including phenoxy) is 2. The molecule has 1 saturated heterocycles. The molecule has 7 heteroatoms. The van der Waals surface area contributed by atoms with Crippen molar-refractivity contribution >= 4 is 28.4 Å². The highest BCUT2D eigenvalue weighted by Gasteiger charge is 2.23. The summed E-state index contributed by atoms with van der Waals surface area (Å²) in [5.41, 5.74) is 1.54. The number of nitrogens with one attached hydrogen (secondary N) is 1. The van der Waals surface area contributed by atoms with E-state index in [1.54, 1.807) is 0 Å². The van der Waals surface area contributed by atoms with Crippen molar-refractivity contribution in [3.63, 3.8) is 0 Å². The first kappa shape index (κ1) is 20.6. The van der Waals surface area contributed by atoms with Gasteiger partial charge in [-0.3, -0.25) is 9.69 Å². The molecule has 158 valence electrons. The Kier molecular flexibility index (Phi) is 6.45. The van der Waals surface area contributed by atoms with Gasteiger partial charge in [-0.25, -0.2) is 0 Å². The van der Waals surface area contributed by atoms with E-state index in [1.165, 1.54) is 0 Å². The lowest BCUT2D eigenvalue weighted by Crippen LogP contribution is -2.49. The van der Waals surface area contributed by atoms with Gasteiger partial charge >= 0.3 is 0 Å². The first-order chi connectivity index (χ1) is 14.6. The fraction of sp³-hybridized carbons (Fsp3) is 0.348. The number of hydrogen-bond donors (Lipinski definition) is 1. The van der Waals surface area contributed by atoms with Crippen LogP contribution in [0.3, 0.4) is 0 Å². The molecule has 1 aliphatic heterocycles. The molecule has 2 aromatic carbocycles. The third kappa shape index (κ3) is 4.71. The van der Waals surface area contributed by atoms with E-state index in [4.69, 9.17) is 21.1 Å². The van der Waals surface area contributed by atoms with Crippen LogP contribution in [0.15, 0.2) is 48.5 Å². The number of aromatic nitrogens is 1. The molecule has 3 aromatic rings. The number of fused-ring (bicyclic) bond motifs is 1. The highest BCUT2D eigenvalue weighted by molar-refractivity contribution is 6.32. The molecule has 0 saturated carbocycles. The molecule has 1 aromatic heterocycles. The number of H-pyrrole nitrogens is 1. The number of benzene rings is 2. The third-order valence-corrected chi connectivity index (χ3v) is 5.61. The average molecular weight is 428 g/mol. The predicted octanol–water partition coefficient (Wildman–Crippen LogP) is 4.06. The standard InChI is InChI=1S/C23H26ClN3O3/c1-2-29-18-8-7-17-15-21(25-20(17)16-18)23(28)27-11-9-26(10-12-27)13-14-30-22-6-4-3-5-19(22)24/h3-8,15-16,25H,2,9-14H2,1H3. The lowest BCUT2D eigenvalue weighted by Gasteiger charge is -2.34. The SMILES string of the molecule is CCOc1ccc2cc(C(=O)N3CCN(CCOc4ccccc4Cl)CC3)[nH]c2c1.